The van der Waals surface area contributed by atoms with Crippen molar-refractivity contribution >= 4 is 15.6 Å². The summed E-state index contributed by atoms with van der Waals surface area (Å²) in [6, 6.07) is 3.17. The van der Waals surface area contributed by atoms with Crippen molar-refractivity contribution in [2.75, 3.05) is 11.5 Å². The lowest BCUT2D eigenvalue weighted by Crippen LogP contribution is -2.42. The van der Waals surface area contributed by atoms with Crippen molar-refractivity contribution in [2.45, 2.75) is 46.3 Å². The van der Waals surface area contributed by atoms with Crippen LogP contribution in [0.25, 0.3) is 0 Å². The number of ketones is 1. The second-order valence-corrected chi connectivity index (χ2v) is 9.48. The molecular weight excluding hydrogens is 396 g/mol. The van der Waals surface area contributed by atoms with Crippen LogP contribution in [0.5, 0.6) is 0 Å². The molecule has 3 heterocycles. The number of rotatable bonds is 5. The zero-order valence-corrected chi connectivity index (χ0v) is 17.3. The summed E-state index contributed by atoms with van der Waals surface area (Å²) in [5.41, 5.74) is 0.0307. The maximum absolute atomic E-state index is 12.9. The average molecular weight is 418 g/mol. The predicted molar refractivity (Wildman–Crippen MR) is 106 cm³/mol. The second kappa shape index (κ2) is 7.48. The fourth-order valence-corrected chi connectivity index (χ4v) is 5.63. The molecule has 2 aromatic heterocycles. The first-order valence-corrected chi connectivity index (χ1v) is 11.1. The quantitative estimate of drug-likeness (QED) is 0.654. The third-order valence-electron chi connectivity index (χ3n) is 5.36. The molecule has 0 aromatic carbocycles. The fourth-order valence-electron chi connectivity index (χ4n) is 3.93. The standard InChI is InChI=1S/C19H22N4O5S/c1-4-21-9-14(8-20)18(25)22(19(21)26)10-17(24)16-7-12(2)23(13(16)3)15-5-6-29(27,28)11-15/h7,9,15H,4-6,10-11H2,1-3H3. The molecule has 2 aromatic rings. The van der Waals surface area contributed by atoms with Gasteiger partial charge in [-0.25, -0.2) is 13.2 Å². The van der Waals surface area contributed by atoms with Crippen LogP contribution in [0.2, 0.25) is 0 Å². The van der Waals surface area contributed by atoms with Crippen molar-refractivity contribution in [3.63, 3.8) is 0 Å². The van der Waals surface area contributed by atoms with Gasteiger partial charge in [0.15, 0.2) is 15.6 Å². The number of aryl methyl sites for hydroxylation is 2. The van der Waals surface area contributed by atoms with Crippen molar-refractivity contribution in [2.24, 2.45) is 0 Å². The summed E-state index contributed by atoms with van der Waals surface area (Å²) >= 11 is 0. The minimum absolute atomic E-state index is 0.0296. The largest absolute Gasteiger partial charge is 0.344 e. The van der Waals surface area contributed by atoms with Gasteiger partial charge in [-0.2, -0.15) is 5.26 Å². The first kappa shape index (κ1) is 20.8. The summed E-state index contributed by atoms with van der Waals surface area (Å²) in [6.45, 7) is 4.99. The number of carbonyl (C=O) groups is 1. The maximum atomic E-state index is 12.9. The number of hydrogen-bond acceptors (Lipinski definition) is 6. The van der Waals surface area contributed by atoms with Crippen molar-refractivity contribution < 1.29 is 13.2 Å². The van der Waals surface area contributed by atoms with E-state index in [9.17, 15) is 22.8 Å². The molecule has 1 saturated heterocycles. The molecule has 154 valence electrons. The smallest absolute Gasteiger partial charge is 0.331 e. The highest BCUT2D eigenvalue weighted by molar-refractivity contribution is 7.91. The number of hydrogen-bond donors (Lipinski definition) is 0. The van der Waals surface area contributed by atoms with Gasteiger partial charge in [0, 0.05) is 35.7 Å². The summed E-state index contributed by atoms with van der Waals surface area (Å²) in [5, 5.41) is 9.14. The molecule has 0 bridgehead atoms. The van der Waals surface area contributed by atoms with E-state index in [4.69, 9.17) is 5.26 Å². The van der Waals surface area contributed by atoms with Crippen LogP contribution in [0.4, 0.5) is 0 Å². The molecule has 1 atom stereocenters. The minimum atomic E-state index is -3.09. The Labute approximate surface area is 167 Å². The first-order chi connectivity index (χ1) is 13.6. The van der Waals surface area contributed by atoms with E-state index in [0.29, 0.717) is 17.7 Å². The van der Waals surface area contributed by atoms with Gasteiger partial charge in [0.05, 0.1) is 18.1 Å². The number of nitrogens with zero attached hydrogens (tertiary/aromatic N) is 4. The highest BCUT2D eigenvalue weighted by Gasteiger charge is 2.31. The Kier molecular flexibility index (Phi) is 5.36. The van der Waals surface area contributed by atoms with E-state index in [-0.39, 0.29) is 29.7 Å². The third kappa shape index (κ3) is 3.70. The Bertz CT molecular complexity index is 1260. The van der Waals surface area contributed by atoms with E-state index in [1.165, 1.54) is 10.8 Å². The van der Waals surface area contributed by atoms with Crippen molar-refractivity contribution in [1.29, 1.82) is 5.26 Å². The number of nitriles is 1. The van der Waals surface area contributed by atoms with E-state index in [2.05, 4.69) is 0 Å². The molecule has 0 saturated carbocycles. The summed E-state index contributed by atoms with van der Waals surface area (Å²) in [4.78, 5) is 37.8. The van der Waals surface area contributed by atoms with Crippen LogP contribution in [0, 0.1) is 25.2 Å². The molecule has 29 heavy (non-hydrogen) atoms. The van der Waals surface area contributed by atoms with E-state index in [1.54, 1.807) is 32.9 Å². The first-order valence-electron chi connectivity index (χ1n) is 9.26. The van der Waals surface area contributed by atoms with Gasteiger partial charge >= 0.3 is 5.69 Å². The third-order valence-corrected chi connectivity index (χ3v) is 7.11. The van der Waals surface area contributed by atoms with Gasteiger partial charge < -0.3 is 4.57 Å². The summed E-state index contributed by atoms with van der Waals surface area (Å²) < 4.78 is 27.5. The Morgan fingerprint density at radius 2 is 2.00 bits per heavy atom. The normalized spacial score (nSPS) is 17.9. The highest BCUT2D eigenvalue weighted by Crippen LogP contribution is 2.29. The van der Waals surface area contributed by atoms with Crippen molar-refractivity contribution in [3.8, 4) is 6.07 Å². The monoisotopic (exact) mass is 418 g/mol. The van der Waals surface area contributed by atoms with Gasteiger partial charge in [-0.1, -0.05) is 0 Å². The van der Waals surface area contributed by atoms with E-state index >= 15 is 0 Å². The summed E-state index contributed by atoms with van der Waals surface area (Å²) in [7, 11) is -3.09. The van der Waals surface area contributed by atoms with Gasteiger partial charge in [0.1, 0.15) is 11.6 Å². The van der Waals surface area contributed by atoms with Gasteiger partial charge in [-0.3, -0.25) is 18.7 Å². The summed E-state index contributed by atoms with van der Waals surface area (Å²) in [6.07, 6.45) is 1.68. The van der Waals surface area contributed by atoms with Crippen molar-refractivity contribution in [1.82, 2.24) is 13.7 Å². The van der Waals surface area contributed by atoms with Crippen LogP contribution in [0.3, 0.4) is 0 Å². The number of Topliss-reactive ketones (excluding diaryl/α,β-unsaturated/α-hetero) is 1. The van der Waals surface area contributed by atoms with Crippen LogP contribution in [0.15, 0.2) is 21.9 Å². The van der Waals surface area contributed by atoms with Crippen molar-refractivity contribution in [3.05, 3.63) is 55.6 Å². The van der Waals surface area contributed by atoms with E-state index in [1.807, 2.05) is 4.57 Å². The Hall–Kier alpha value is -2.93. The zero-order valence-electron chi connectivity index (χ0n) is 16.5. The lowest BCUT2D eigenvalue weighted by atomic mass is 10.1. The molecule has 0 N–H and O–H groups in total. The molecule has 10 heteroatoms. The lowest BCUT2D eigenvalue weighted by Gasteiger charge is -2.16. The number of carbonyl (C=O) groups excluding carboxylic acids is 1. The number of aromatic nitrogens is 3. The Morgan fingerprint density at radius 3 is 2.55 bits per heavy atom. The van der Waals surface area contributed by atoms with E-state index < -0.39 is 33.4 Å². The van der Waals surface area contributed by atoms with Gasteiger partial charge in [0.25, 0.3) is 5.56 Å². The molecule has 9 nitrogen and oxygen atoms in total. The summed E-state index contributed by atoms with van der Waals surface area (Å²) in [5.74, 6) is -0.297. The molecule has 1 aliphatic heterocycles. The topological polar surface area (TPSA) is 124 Å². The van der Waals surface area contributed by atoms with Gasteiger partial charge in [0.2, 0.25) is 0 Å². The Balaban J connectivity index is 2.00. The molecule has 1 unspecified atom stereocenters. The Morgan fingerprint density at radius 1 is 1.31 bits per heavy atom. The highest BCUT2D eigenvalue weighted by atomic mass is 32.2. The SMILES string of the molecule is CCn1cc(C#N)c(=O)n(CC(=O)c2cc(C)n(C3CCS(=O)(=O)C3)c2C)c1=O. The maximum Gasteiger partial charge on any atom is 0.331 e. The number of sulfone groups is 1. The van der Waals surface area contributed by atoms with Crippen LogP contribution >= 0.6 is 0 Å². The molecule has 0 radical (unpaired) electrons. The van der Waals surface area contributed by atoms with Gasteiger partial charge in [-0.05, 0) is 33.3 Å². The average Bonchev–Trinajstić information content (AvgIpc) is 3.16. The predicted octanol–water partition coefficient (Wildman–Crippen LogP) is 0.562. The molecule has 3 rings (SSSR count). The molecule has 0 amide bonds. The van der Waals surface area contributed by atoms with Gasteiger partial charge in [-0.15, -0.1) is 0 Å². The lowest BCUT2D eigenvalue weighted by molar-refractivity contribution is 0.0967. The molecule has 1 fully saturated rings. The molecule has 0 spiro atoms. The van der Waals surface area contributed by atoms with Crippen LogP contribution < -0.4 is 11.2 Å². The van der Waals surface area contributed by atoms with Crippen LogP contribution in [-0.4, -0.2) is 39.4 Å². The van der Waals surface area contributed by atoms with Crippen LogP contribution in [-0.2, 0) is 22.9 Å². The minimum Gasteiger partial charge on any atom is -0.344 e. The van der Waals surface area contributed by atoms with Crippen LogP contribution in [0.1, 0.15) is 46.7 Å². The van der Waals surface area contributed by atoms with E-state index in [0.717, 1.165) is 10.3 Å². The zero-order chi connectivity index (χ0) is 21.5. The molecule has 0 aliphatic carbocycles. The fraction of sp³-hybridized carbons (Fsp3) is 0.474. The second-order valence-electron chi connectivity index (χ2n) is 7.25. The molecule has 1 aliphatic rings. The molecular formula is C19H22N4O5S.